The number of para-hydroxylation sites is 1. The topological polar surface area (TPSA) is 245 Å². The summed E-state index contributed by atoms with van der Waals surface area (Å²) >= 11 is 0. The molecule has 0 saturated carbocycles. The summed E-state index contributed by atoms with van der Waals surface area (Å²) in [6.45, 7) is 11.4. The van der Waals surface area contributed by atoms with Crippen LogP contribution in [-0.4, -0.2) is 32.9 Å². The Kier molecular flexibility index (Phi) is 27.5. The SMILES string of the molecule is CC(C)(C)C(C)(C)N=C([O-])[O-].CCCCCC(=O)[O-].N.N.O=[N+]([O-])O.[Cl-].[Pt+4].c1ccc2c(c1)cnc1ccccc12. The molecule has 0 aliphatic carbocycles. The van der Waals surface area contributed by atoms with Gasteiger partial charge in [0, 0.05) is 22.9 Å². The van der Waals surface area contributed by atoms with Gasteiger partial charge in [0.1, 0.15) is 0 Å². The minimum absolute atomic E-state index is 0. The molecule has 0 saturated heterocycles. The molecule has 0 aliphatic heterocycles. The number of hydrogen-bond acceptors (Lipinski definition) is 10. The van der Waals surface area contributed by atoms with Crippen molar-refractivity contribution in [3.05, 3.63) is 64.8 Å². The number of hydrogen-bond donors (Lipinski definition) is 3. The summed E-state index contributed by atoms with van der Waals surface area (Å²) in [6.07, 6.45) is 3.62. The molecule has 0 amide bonds. The smallest absolute Gasteiger partial charge is 1.00 e. The molecule has 0 bridgehead atoms. The van der Waals surface area contributed by atoms with Gasteiger partial charge in [-0.2, -0.15) is 0 Å². The molecule has 0 aliphatic rings. The number of fused-ring (bicyclic) bond motifs is 3. The first-order valence-corrected chi connectivity index (χ1v) is 11.8. The van der Waals surface area contributed by atoms with E-state index in [-0.39, 0.29) is 57.6 Å². The number of halogens is 1. The first kappa shape index (κ1) is 47.7. The molecule has 3 aromatic rings. The quantitative estimate of drug-likeness (QED) is 0.0812. The Labute approximate surface area is 262 Å². The van der Waals surface area contributed by atoms with Gasteiger partial charge in [0.15, 0.2) is 0 Å². The third-order valence-corrected chi connectivity index (χ3v) is 5.69. The fraction of sp³-hybridized carbons (Fsp3) is 0.444. The summed E-state index contributed by atoms with van der Waals surface area (Å²) in [7, 11) is 0. The molecule has 0 atom stereocenters. The normalized spacial score (nSPS) is 9.51. The van der Waals surface area contributed by atoms with Gasteiger partial charge in [0.2, 0.25) is 0 Å². The van der Waals surface area contributed by atoms with Gasteiger partial charge in [-0.3, -0.25) is 4.98 Å². The molecule has 2 aromatic carbocycles. The van der Waals surface area contributed by atoms with E-state index < -0.39 is 22.7 Å². The van der Waals surface area contributed by atoms with Crippen molar-refractivity contribution in [2.24, 2.45) is 10.4 Å². The molecule has 0 radical (unpaired) electrons. The third-order valence-electron chi connectivity index (χ3n) is 5.69. The van der Waals surface area contributed by atoms with Crippen LogP contribution in [0.1, 0.15) is 67.2 Å². The number of unbranched alkanes of at least 4 members (excludes halogenated alkanes) is 2. The van der Waals surface area contributed by atoms with Gasteiger partial charge in [-0.1, -0.05) is 83.0 Å². The number of nitrogens with zero attached hydrogens (tertiary/aromatic N) is 3. The van der Waals surface area contributed by atoms with Crippen LogP contribution in [0.4, 0.5) is 0 Å². The molecule has 234 valence electrons. The Balaban J connectivity index is -0.000000146. The van der Waals surface area contributed by atoms with E-state index in [2.05, 4.69) is 40.3 Å². The van der Waals surface area contributed by atoms with Gasteiger partial charge < -0.3 is 55.0 Å². The van der Waals surface area contributed by atoms with Crippen LogP contribution in [0.25, 0.3) is 21.7 Å². The van der Waals surface area contributed by atoms with Crippen molar-refractivity contribution in [1.82, 2.24) is 17.3 Å². The Bertz CT molecular complexity index is 1110. The monoisotopic (exact) mass is 778 g/mol. The minimum Gasteiger partial charge on any atom is -1.00 e. The zero-order chi connectivity index (χ0) is 28.6. The van der Waals surface area contributed by atoms with Crippen molar-refractivity contribution < 1.29 is 63.9 Å². The van der Waals surface area contributed by atoms with E-state index in [9.17, 15) is 20.1 Å². The Morgan fingerprint density at radius 3 is 1.80 bits per heavy atom. The van der Waals surface area contributed by atoms with Crippen molar-refractivity contribution in [3.63, 3.8) is 0 Å². The molecule has 0 fully saturated rings. The van der Waals surface area contributed by atoms with E-state index in [0.29, 0.717) is 0 Å². The first-order chi connectivity index (χ1) is 17.1. The summed E-state index contributed by atoms with van der Waals surface area (Å²) < 4.78 is 0. The molecule has 0 unspecified atom stereocenters. The number of aliphatic carboxylic acids is 1. The van der Waals surface area contributed by atoms with Gasteiger partial charge in [-0.05, 0) is 43.6 Å². The second-order valence-corrected chi connectivity index (χ2v) is 9.62. The van der Waals surface area contributed by atoms with Crippen molar-refractivity contribution in [2.45, 2.75) is 72.8 Å². The van der Waals surface area contributed by atoms with Crippen molar-refractivity contribution >= 4 is 33.7 Å². The number of rotatable bonds is 5. The van der Waals surface area contributed by atoms with E-state index in [0.717, 1.165) is 24.8 Å². The molecule has 0 spiro atoms. The van der Waals surface area contributed by atoms with Crippen molar-refractivity contribution in [1.29, 1.82) is 0 Å². The van der Waals surface area contributed by atoms with E-state index >= 15 is 0 Å². The standard InChI is InChI=1S/C13H9N.C8H17NO2.C6H12O2.ClH.HNO3.2H3N.Pt/c1-2-6-11-10(5-1)9-14-13-8-4-3-7-12(11)13;1-7(2,3)8(4,5)9-6(10)11;1-2-3-4-5-6(7)8;;2-1(3)4;;;/h1-9H;1-5H3,(H2,9,10,11);2-5H2,1H3,(H,7,8);1H;(H,2,3,4);2*1H3;/q;;;;;;;+4/p-4. The summed E-state index contributed by atoms with van der Waals surface area (Å²) in [5.74, 6) is -0.932. The van der Waals surface area contributed by atoms with Gasteiger partial charge >= 0.3 is 21.1 Å². The molecular weight excluding hydrogens is 737 g/mol. The maximum Gasteiger partial charge on any atom is 4.00 e. The van der Waals surface area contributed by atoms with Gasteiger partial charge in [-0.15, -0.1) is 16.2 Å². The van der Waals surface area contributed by atoms with E-state index in [1.165, 1.54) is 16.2 Å². The Morgan fingerprint density at radius 1 is 0.927 bits per heavy atom. The number of aliphatic imine (C=N–C) groups is 1. The molecular formula is C27H42ClN5O7Pt. The predicted octanol–water partition coefficient (Wildman–Crippen LogP) is 0.570. The van der Waals surface area contributed by atoms with Gasteiger partial charge in [0.25, 0.3) is 5.09 Å². The number of carbonyl (C=O) groups is 1. The van der Waals surface area contributed by atoms with Gasteiger partial charge in [-0.25, -0.2) is 0 Å². The number of aromatic nitrogens is 1. The molecule has 1 aromatic heterocycles. The Hall–Kier alpha value is -3.05. The van der Waals surface area contributed by atoms with Crippen molar-refractivity contribution in [2.75, 3.05) is 0 Å². The largest absolute Gasteiger partial charge is 4.00 e. The predicted molar refractivity (Wildman–Crippen MR) is 148 cm³/mol. The van der Waals surface area contributed by atoms with Crippen LogP contribution in [-0.2, 0) is 25.9 Å². The van der Waals surface area contributed by atoms with Crippen LogP contribution in [0.15, 0.2) is 59.7 Å². The molecule has 3 rings (SSSR count). The molecule has 41 heavy (non-hydrogen) atoms. The van der Waals surface area contributed by atoms with Gasteiger partial charge in [0.05, 0.1) is 11.1 Å². The second-order valence-electron chi connectivity index (χ2n) is 9.62. The fourth-order valence-corrected chi connectivity index (χ4v) is 2.72. The molecule has 1 heterocycles. The summed E-state index contributed by atoms with van der Waals surface area (Å²) in [4.78, 5) is 26.0. The minimum atomic E-state index is -1.50. The first-order valence-electron chi connectivity index (χ1n) is 11.8. The maximum atomic E-state index is 10.2. The zero-order valence-corrected chi connectivity index (χ0v) is 27.4. The van der Waals surface area contributed by atoms with E-state index in [4.69, 9.17) is 15.3 Å². The van der Waals surface area contributed by atoms with Crippen molar-refractivity contribution in [3.8, 4) is 0 Å². The van der Waals surface area contributed by atoms with Crippen LogP contribution < -0.4 is 40.0 Å². The number of pyridine rings is 1. The van der Waals surface area contributed by atoms with Crippen LogP contribution in [0, 0.1) is 15.5 Å². The number of carbonyl (C=O) groups excluding carboxylic acids is 1. The van der Waals surface area contributed by atoms with Crippen LogP contribution in [0.2, 0.25) is 0 Å². The molecule has 12 nitrogen and oxygen atoms in total. The zero-order valence-electron chi connectivity index (χ0n) is 24.4. The number of carboxylic acids is 1. The maximum absolute atomic E-state index is 10.2. The summed E-state index contributed by atoms with van der Waals surface area (Å²) in [5, 5.41) is 47.5. The Morgan fingerprint density at radius 2 is 1.39 bits per heavy atom. The number of carboxylic acid groups (broad SMARTS) is 1. The van der Waals surface area contributed by atoms with Crippen LogP contribution in [0.3, 0.4) is 0 Å². The second kappa shape index (κ2) is 23.6. The van der Waals surface area contributed by atoms with Crippen LogP contribution >= 0.6 is 0 Å². The third kappa shape index (κ3) is 20.5. The fourth-order valence-electron chi connectivity index (χ4n) is 2.72. The van der Waals surface area contributed by atoms with E-state index in [1.807, 2.05) is 52.1 Å². The van der Waals surface area contributed by atoms with E-state index in [1.54, 1.807) is 13.8 Å². The summed E-state index contributed by atoms with van der Waals surface area (Å²) in [6, 6.07) is 16.6. The molecule has 14 heteroatoms. The molecule has 7 N–H and O–H groups in total. The van der Waals surface area contributed by atoms with Crippen LogP contribution in [0.5, 0.6) is 0 Å². The average molecular weight is 779 g/mol. The average Bonchev–Trinajstić information content (AvgIpc) is 2.78. The number of benzene rings is 2. The summed E-state index contributed by atoms with van der Waals surface area (Å²) in [5.41, 5.74) is 0.324.